The SMILES string of the molecule is C=CC(=O)OCCc1cccc(-c2ccc(OC)cc2)c1. The van der Waals surface area contributed by atoms with E-state index in [1.54, 1.807) is 7.11 Å². The van der Waals surface area contributed by atoms with E-state index in [1.165, 1.54) is 6.08 Å². The molecule has 0 radical (unpaired) electrons. The van der Waals surface area contributed by atoms with Crippen LogP contribution in [0.3, 0.4) is 0 Å². The van der Waals surface area contributed by atoms with Gasteiger partial charge in [-0.2, -0.15) is 0 Å². The van der Waals surface area contributed by atoms with Gasteiger partial charge < -0.3 is 9.47 Å². The molecule has 3 nitrogen and oxygen atoms in total. The summed E-state index contributed by atoms with van der Waals surface area (Å²) in [5.74, 6) is 0.451. The fourth-order valence-corrected chi connectivity index (χ4v) is 2.02. The van der Waals surface area contributed by atoms with Gasteiger partial charge in [-0.25, -0.2) is 4.79 Å². The Morgan fingerprint density at radius 3 is 2.57 bits per heavy atom. The van der Waals surface area contributed by atoms with Crippen LogP contribution in [0.1, 0.15) is 5.56 Å². The number of hydrogen-bond donors (Lipinski definition) is 0. The van der Waals surface area contributed by atoms with Gasteiger partial charge in [0.2, 0.25) is 0 Å². The minimum Gasteiger partial charge on any atom is -0.497 e. The van der Waals surface area contributed by atoms with Crippen molar-refractivity contribution in [3.8, 4) is 16.9 Å². The molecule has 2 aromatic rings. The van der Waals surface area contributed by atoms with Crippen LogP contribution in [0, 0.1) is 0 Å². The van der Waals surface area contributed by atoms with Gasteiger partial charge in [0.15, 0.2) is 0 Å². The van der Waals surface area contributed by atoms with E-state index in [0.717, 1.165) is 22.4 Å². The van der Waals surface area contributed by atoms with Gasteiger partial charge in [0.05, 0.1) is 13.7 Å². The monoisotopic (exact) mass is 282 g/mol. The lowest BCUT2D eigenvalue weighted by atomic mass is 10.0. The molecule has 0 heterocycles. The average molecular weight is 282 g/mol. The zero-order valence-corrected chi connectivity index (χ0v) is 12.0. The summed E-state index contributed by atoms with van der Waals surface area (Å²) in [5.41, 5.74) is 3.38. The quantitative estimate of drug-likeness (QED) is 0.599. The third kappa shape index (κ3) is 4.21. The standard InChI is InChI=1S/C18H18O3/c1-3-18(19)21-12-11-14-5-4-6-16(13-14)15-7-9-17(20-2)10-8-15/h3-10,13H,1,11-12H2,2H3. The summed E-state index contributed by atoms with van der Waals surface area (Å²) < 4.78 is 10.2. The summed E-state index contributed by atoms with van der Waals surface area (Å²) in [6, 6.07) is 16.1. The molecule has 108 valence electrons. The van der Waals surface area contributed by atoms with Crippen molar-refractivity contribution in [3.63, 3.8) is 0 Å². The molecular weight excluding hydrogens is 264 g/mol. The van der Waals surface area contributed by atoms with Gasteiger partial charge in [0.25, 0.3) is 0 Å². The van der Waals surface area contributed by atoms with Crippen LogP contribution in [-0.4, -0.2) is 19.7 Å². The van der Waals surface area contributed by atoms with Crippen LogP contribution in [0.4, 0.5) is 0 Å². The molecule has 2 aromatic carbocycles. The fraction of sp³-hybridized carbons (Fsp3) is 0.167. The minimum atomic E-state index is -0.388. The van der Waals surface area contributed by atoms with Crippen molar-refractivity contribution in [1.82, 2.24) is 0 Å². The highest BCUT2D eigenvalue weighted by Crippen LogP contribution is 2.23. The van der Waals surface area contributed by atoms with Gasteiger partial charge >= 0.3 is 5.97 Å². The smallest absolute Gasteiger partial charge is 0.330 e. The van der Waals surface area contributed by atoms with Crippen LogP contribution >= 0.6 is 0 Å². The zero-order chi connectivity index (χ0) is 15.1. The van der Waals surface area contributed by atoms with E-state index >= 15 is 0 Å². The van der Waals surface area contributed by atoms with Crippen molar-refractivity contribution < 1.29 is 14.3 Å². The zero-order valence-electron chi connectivity index (χ0n) is 12.0. The number of methoxy groups -OCH3 is 1. The lowest BCUT2D eigenvalue weighted by Crippen LogP contribution is -2.04. The largest absolute Gasteiger partial charge is 0.497 e. The van der Waals surface area contributed by atoms with Crippen molar-refractivity contribution in [1.29, 1.82) is 0 Å². The molecule has 0 bridgehead atoms. The Morgan fingerprint density at radius 1 is 1.14 bits per heavy atom. The van der Waals surface area contributed by atoms with Gasteiger partial charge in [-0.1, -0.05) is 43.0 Å². The predicted molar refractivity (Wildman–Crippen MR) is 83.3 cm³/mol. The Labute approximate surface area is 124 Å². The molecule has 0 saturated carbocycles. The summed E-state index contributed by atoms with van der Waals surface area (Å²) in [6.07, 6.45) is 1.86. The topological polar surface area (TPSA) is 35.5 Å². The average Bonchev–Trinajstić information content (AvgIpc) is 2.55. The minimum absolute atomic E-state index is 0.358. The Bertz CT molecular complexity index is 615. The van der Waals surface area contributed by atoms with Crippen LogP contribution in [0.15, 0.2) is 61.2 Å². The van der Waals surface area contributed by atoms with Gasteiger partial charge in [-0.15, -0.1) is 0 Å². The van der Waals surface area contributed by atoms with E-state index in [-0.39, 0.29) is 5.97 Å². The molecule has 0 N–H and O–H groups in total. The number of hydrogen-bond acceptors (Lipinski definition) is 3. The number of carbonyl (C=O) groups excluding carboxylic acids is 1. The molecule has 0 aliphatic rings. The number of esters is 1. The van der Waals surface area contributed by atoms with Crippen molar-refractivity contribution in [2.24, 2.45) is 0 Å². The van der Waals surface area contributed by atoms with Crippen LogP contribution < -0.4 is 4.74 Å². The molecule has 21 heavy (non-hydrogen) atoms. The maximum Gasteiger partial charge on any atom is 0.330 e. The first-order valence-electron chi connectivity index (χ1n) is 6.75. The van der Waals surface area contributed by atoms with E-state index in [2.05, 4.69) is 18.7 Å². The van der Waals surface area contributed by atoms with Crippen molar-refractivity contribution in [3.05, 3.63) is 66.7 Å². The second kappa shape index (κ2) is 7.29. The lowest BCUT2D eigenvalue weighted by Gasteiger charge is -2.07. The summed E-state index contributed by atoms with van der Waals surface area (Å²) in [6.45, 7) is 3.73. The molecule has 0 amide bonds. The molecule has 0 unspecified atom stereocenters. The Morgan fingerprint density at radius 2 is 1.90 bits per heavy atom. The molecule has 0 spiro atoms. The van der Waals surface area contributed by atoms with Gasteiger partial charge in [-0.3, -0.25) is 0 Å². The predicted octanol–water partition coefficient (Wildman–Crippen LogP) is 3.63. The summed E-state index contributed by atoms with van der Waals surface area (Å²) in [5, 5.41) is 0. The van der Waals surface area contributed by atoms with E-state index in [9.17, 15) is 4.79 Å². The Hall–Kier alpha value is -2.55. The maximum absolute atomic E-state index is 11.0. The molecule has 0 atom stereocenters. The number of benzene rings is 2. The van der Waals surface area contributed by atoms with Crippen LogP contribution in [-0.2, 0) is 16.0 Å². The molecule has 0 aliphatic carbocycles. The molecule has 3 heteroatoms. The number of carbonyl (C=O) groups is 1. The number of ether oxygens (including phenoxy) is 2. The van der Waals surface area contributed by atoms with Crippen LogP contribution in [0.2, 0.25) is 0 Å². The highest BCUT2D eigenvalue weighted by molar-refractivity contribution is 5.81. The Balaban J connectivity index is 2.06. The highest BCUT2D eigenvalue weighted by atomic mass is 16.5. The maximum atomic E-state index is 11.0. The van der Waals surface area contributed by atoms with Crippen molar-refractivity contribution in [2.45, 2.75) is 6.42 Å². The molecule has 0 fully saturated rings. The first-order chi connectivity index (χ1) is 10.2. The summed E-state index contributed by atoms with van der Waals surface area (Å²) in [4.78, 5) is 11.0. The summed E-state index contributed by atoms with van der Waals surface area (Å²) >= 11 is 0. The van der Waals surface area contributed by atoms with E-state index in [4.69, 9.17) is 9.47 Å². The van der Waals surface area contributed by atoms with Crippen molar-refractivity contribution >= 4 is 5.97 Å². The van der Waals surface area contributed by atoms with Crippen LogP contribution in [0.25, 0.3) is 11.1 Å². The first-order valence-corrected chi connectivity index (χ1v) is 6.75. The third-order valence-electron chi connectivity index (χ3n) is 3.15. The third-order valence-corrected chi connectivity index (χ3v) is 3.15. The number of rotatable bonds is 6. The first kappa shape index (κ1) is 14.9. The lowest BCUT2D eigenvalue weighted by molar-refractivity contribution is -0.137. The van der Waals surface area contributed by atoms with E-state index in [0.29, 0.717) is 13.0 Å². The molecular formula is C18H18O3. The molecule has 0 aliphatic heterocycles. The fourth-order valence-electron chi connectivity index (χ4n) is 2.02. The van der Waals surface area contributed by atoms with Gasteiger partial charge in [0.1, 0.15) is 5.75 Å². The normalized spacial score (nSPS) is 9.95. The Kier molecular flexibility index (Phi) is 5.16. The van der Waals surface area contributed by atoms with E-state index in [1.807, 2.05) is 36.4 Å². The van der Waals surface area contributed by atoms with Crippen molar-refractivity contribution in [2.75, 3.05) is 13.7 Å². The highest BCUT2D eigenvalue weighted by Gasteiger charge is 2.02. The van der Waals surface area contributed by atoms with Gasteiger partial charge in [0, 0.05) is 12.5 Å². The van der Waals surface area contributed by atoms with Gasteiger partial charge in [-0.05, 0) is 28.8 Å². The summed E-state index contributed by atoms with van der Waals surface area (Å²) in [7, 11) is 1.65. The second-order valence-electron chi connectivity index (χ2n) is 4.55. The molecule has 2 rings (SSSR count). The molecule has 0 saturated heterocycles. The van der Waals surface area contributed by atoms with Crippen LogP contribution in [0.5, 0.6) is 5.75 Å². The molecule has 0 aromatic heterocycles. The van der Waals surface area contributed by atoms with E-state index < -0.39 is 0 Å². The second-order valence-corrected chi connectivity index (χ2v) is 4.55.